The van der Waals surface area contributed by atoms with Crippen LogP contribution in [0.4, 0.5) is 0 Å². The molecule has 0 aromatic carbocycles. The van der Waals surface area contributed by atoms with E-state index in [1.807, 2.05) is 11.3 Å². The lowest BCUT2D eigenvalue weighted by molar-refractivity contribution is 0.362. The lowest BCUT2D eigenvalue weighted by atomic mass is 9.94. The van der Waals surface area contributed by atoms with Crippen LogP contribution in [0.5, 0.6) is 0 Å². The molecule has 1 aromatic rings. The molecular formula is C13H23NS. The van der Waals surface area contributed by atoms with Gasteiger partial charge in [0.05, 0.1) is 0 Å². The fraction of sp³-hybridized carbons (Fsp3) is 0.692. The summed E-state index contributed by atoms with van der Waals surface area (Å²) >= 11 is 1.88. The zero-order valence-electron chi connectivity index (χ0n) is 10.1. The third-order valence-corrected chi connectivity index (χ3v) is 4.16. The molecule has 0 amide bonds. The van der Waals surface area contributed by atoms with E-state index in [4.69, 9.17) is 0 Å². The van der Waals surface area contributed by atoms with Crippen molar-refractivity contribution in [3.05, 3.63) is 22.4 Å². The van der Waals surface area contributed by atoms with Crippen molar-refractivity contribution in [2.45, 2.75) is 45.6 Å². The fourth-order valence-corrected chi connectivity index (χ4v) is 2.70. The minimum absolute atomic E-state index is 0.690. The summed E-state index contributed by atoms with van der Waals surface area (Å²) in [6.07, 6.45) is 5.11. The van der Waals surface area contributed by atoms with Crippen molar-refractivity contribution in [3.63, 3.8) is 0 Å². The molecule has 0 bridgehead atoms. The van der Waals surface area contributed by atoms with Crippen LogP contribution >= 0.6 is 11.3 Å². The van der Waals surface area contributed by atoms with E-state index in [1.54, 1.807) is 0 Å². The third-order valence-electron chi connectivity index (χ3n) is 3.22. The van der Waals surface area contributed by atoms with Crippen LogP contribution in [0.1, 0.15) is 38.0 Å². The summed E-state index contributed by atoms with van der Waals surface area (Å²) in [6.45, 7) is 4.61. The SMILES string of the molecule is CCC(C)C(CCCc1cccs1)NC. The Morgan fingerprint density at radius 2 is 2.27 bits per heavy atom. The molecule has 2 heteroatoms. The Balaban J connectivity index is 2.23. The first-order valence-electron chi connectivity index (χ1n) is 5.97. The van der Waals surface area contributed by atoms with Crippen molar-refractivity contribution in [3.8, 4) is 0 Å². The van der Waals surface area contributed by atoms with Gasteiger partial charge in [0, 0.05) is 10.9 Å². The fourth-order valence-electron chi connectivity index (χ4n) is 1.95. The van der Waals surface area contributed by atoms with E-state index in [0.29, 0.717) is 6.04 Å². The number of hydrogen-bond acceptors (Lipinski definition) is 2. The van der Waals surface area contributed by atoms with E-state index < -0.39 is 0 Å². The van der Waals surface area contributed by atoms with Crippen molar-refractivity contribution in [1.29, 1.82) is 0 Å². The molecule has 0 saturated carbocycles. The van der Waals surface area contributed by atoms with E-state index >= 15 is 0 Å². The van der Waals surface area contributed by atoms with Crippen LogP contribution in [0.3, 0.4) is 0 Å². The Morgan fingerprint density at radius 1 is 1.47 bits per heavy atom. The second kappa shape index (κ2) is 7.02. The number of rotatable bonds is 7. The van der Waals surface area contributed by atoms with Gasteiger partial charge in [-0.15, -0.1) is 11.3 Å². The highest BCUT2D eigenvalue weighted by Crippen LogP contribution is 2.16. The van der Waals surface area contributed by atoms with E-state index in [0.717, 1.165) is 5.92 Å². The summed E-state index contributed by atoms with van der Waals surface area (Å²) in [5, 5.41) is 5.60. The summed E-state index contributed by atoms with van der Waals surface area (Å²) in [4.78, 5) is 1.52. The standard InChI is InChI=1S/C13H23NS/c1-4-11(2)13(14-3)9-5-7-12-8-6-10-15-12/h6,8,10-11,13-14H,4-5,7,9H2,1-3H3. The highest BCUT2D eigenvalue weighted by molar-refractivity contribution is 7.09. The van der Waals surface area contributed by atoms with Gasteiger partial charge in [-0.05, 0) is 43.7 Å². The maximum Gasteiger partial charge on any atom is 0.00897 e. The number of nitrogens with one attached hydrogen (secondary N) is 1. The Hall–Kier alpha value is -0.340. The van der Waals surface area contributed by atoms with Crippen molar-refractivity contribution in [2.24, 2.45) is 5.92 Å². The highest BCUT2D eigenvalue weighted by atomic mass is 32.1. The smallest absolute Gasteiger partial charge is 0.00897 e. The van der Waals surface area contributed by atoms with Gasteiger partial charge >= 0.3 is 0 Å². The molecule has 1 heterocycles. The van der Waals surface area contributed by atoms with Crippen LogP contribution in [0, 0.1) is 5.92 Å². The lowest BCUT2D eigenvalue weighted by Crippen LogP contribution is -2.31. The molecular weight excluding hydrogens is 202 g/mol. The molecule has 15 heavy (non-hydrogen) atoms. The first-order chi connectivity index (χ1) is 7.27. The van der Waals surface area contributed by atoms with Gasteiger partial charge in [-0.25, -0.2) is 0 Å². The summed E-state index contributed by atoms with van der Waals surface area (Å²) in [7, 11) is 2.09. The number of aryl methyl sites for hydroxylation is 1. The molecule has 1 aromatic heterocycles. The monoisotopic (exact) mass is 225 g/mol. The van der Waals surface area contributed by atoms with E-state index in [1.165, 1.54) is 30.6 Å². The van der Waals surface area contributed by atoms with Gasteiger partial charge in [-0.1, -0.05) is 26.3 Å². The van der Waals surface area contributed by atoms with Gasteiger partial charge in [0.2, 0.25) is 0 Å². The summed E-state index contributed by atoms with van der Waals surface area (Å²) in [5.74, 6) is 0.790. The Labute approximate surface area is 97.9 Å². The second-order valence-electron chi connectivity index (χ2n) is 4.25. The molecule has 2 atom stereocenters. The maximum absolute atomic E-state index is 3.44. The number of thiophene rings is 1. The van der Waals surface area contributed by atoms with Crippen molar-refractivity contribution in [1.82, 2.24) is 5.32 Å². The predicted octanol–water partition coefficient (Wildman–Crippen LogP) is 3.70. The topological polar surface area (TPSA) is 12.0 Å². The van der Waals surface area contributed by atoms with Gasteiger partial charge in [0.15, 0.2) is 0 Å². The van der Waals surface area contributed by atoms with Gasteiger partial charge in [-0.2, -0.15) is 0 Å². The quantitative estimate of drug-likeness (QED) is 0.746. The van der Waals surface area contributed by atoms with Crippen molar-refractivity contribution >= 4 is 11.3 Å². The molecule has 86 valence electrons. The molecule has 0 aliphatic rings. The molecule has 1 rings (SSSR count). The minimum atomic E-state index is 0.690. The second-order valence-corrected chi connectivity index (χ2v) is 5.28. The third kappa shape index (κ3) is 4.35. The van der Waals surface area contributed by atoms with E-state index in [-0.39, 0.29) is 0 Å². The van der Waals surface area contributed by atoms with Crippen LogP contribution in [0.2, 0.25) is 0 Å². The van der Waals surface area contributed by atoms with Crippen molar-refractivity contribution in [2.75, 3.05) is 7.05 Å². The van der Waals surface area contributed by atoms with Gasteiger partial charge in [0.1, 0.15) is 0 Å². The lowest BCUT2D eigenvalue weighted by Gasteiger charge is -2.22. The van der Waals surface area contributed by atoms with E-state index in [9.17, 15) is 0 Å². The zero-order valence-corrected chi connectivity index (χ0v) is 10.9. The summed E-state index contributed by atoms with van der Waals surface area (Å²) < 4.78 is 0. The van der Waals surface area contributed by atoms with Crippen LogP contribution in [0.25, 0.3) is 0 Å². The van der Waals surface area contributed by atoms with Crippen LogP contribution in [0.15, 0.2) is 17.5 Å². The molecule has 0 saturated heterocycles. The molecule has 2 unspecified atom stereocenters. The van der Waals surface area contributed by atoms with Crippen LogP contribution in [-0.2, 0) is 6.42 Å². The molecule has 1 nitrogen and oxygen atoms in total. The molecule has 0 aliphatic carbocycles. The maximum atomic E-state index is 3.44. The van der Waals surface area contributed by atoms with Crippen LogP contribution < -0.4 is 5.32 Å². The Bertz CT molecular complexity index is 243. The molecule has 0 fully saturated rings. The molecule has 0 radical (unpaired) electrons. The van der Waals surface area contributed by atoms with Gasteiger partial charge < -0.3 is 5.32 Å². The molecule has 0 aliphatic heterocycles. The largest absolute Gasteiger partial charge is 0.317 e. The normalized spacial score (nSPS) is 15.1. The number of hydrogen-bond donors (Lipinski definition) is 1. The first kappa shape index (κ1) is 12.7. The first-order valence-corrected chi connectivity index (χ1v) is 6.85. The Morgan fingerprint density at radius 3 is 2.80 bits per heavy atom. The van der Waals surface area contributed by atoms with Crippen molar-refractivity contribution < 1.29 is 0 Å². The Kier molecular flexibility index (Phi) is 5.96. The van der Waals surface area contributed by atoms with E-state index in [2.05, 4.69) is 43.7 Å². The molecule has 1 N–H and O–H groups in total. The summed E-state index contributed by atoms with van der Waals surface area (Å²) in [5.41, 5.74) is 0. The van der Waals surface area contributed by atoms with Gasteiger partial charge in [-0.3, -0.25) is 0 Å². The molecule has 0 spiro atoms. The average Bonchev–Trinajstić information content (AvgIpc) is 2.76. The van der Waals surface area contributed by atoms with Gasteiger partial charge in [0.25, 0.3) is 0 Å². The minimum Gasteiger partial charge on any atom is -0.317 e. The van der Waals surface area contributed by atoms with Crippen LogP contribution in [-0.4, -0.2) is 13.1 Å². The zero-order chi connectivity index (χ0) is 11.1. The predicted molar refractivity (Wildman–Crippen MR) is 69.6 cm³/mol. The average molecular weight is 225 g/mol. The summed E-state index contributed by atoms with van der Waals surface area (Å²) in [6, 6.07) is 5.07. The highest BCUT2D eigenvalue weighted by Gasteiger charge is 2.12.